The third kappa shape index (κ3) is 5.60. The van der Waals surface area contributed by atoms with Crippen molar-refractivity contribution in [1.29, 1.82) is 0 Å². The third-order valence-corrected chi connectivity index (χ3v) is 5.07. The summed E-state index contributed by atoms with van der Waals surface area (Å²) in [6, 6.07) is 11.3. The molecule has 1 fully saturated rings. The first kappa shape index (κ1) is 19.5. The number of carbonyl (C=O) groups is 1. The molecule has 2 amide bonds. The number of para-hydroxylation sites is 1. The van der Waals surface area contributed by atoms with Crippen LogP contribution in [0, 0.1) is 19.8 Å². The second-order valence-electron chi connectivity index (χ2n) is 7.12. The van der Waals surface area contributed by atoms with E-state index in [1.807, 2.05) is 55.1 Å². The fourth-order valence-corrected chi connectivity index (χ4v) is 3.67. The van der Waals surface area contributed by atoms with E-state index >= 15 is 0 Å². The van der Waals surface area contributed by atoms with Crippen LogP contribution < -0.4 is 10.1 Å². The van der Waals surface area contributed by atoms with Crippen LogP contribution in [-0.2, 0) is 0 Å². The van der Waals surface area contributed by atoms with Crippen molar-refractivity contribution in [2.24, 2.45) is 5.92 Å². The first-order valence-corrected chi connectivity index (χ1v) is 9.77. The number of urea groups is 1. The zero-order valence-corrected chi connectivity index (χ0v) is 16.6. The largest absolute Gasteiger partial charge is 0.492 e. The van der Waals surface area contributed by atoms with Crippen LogP contribution in [-0.4, -0.2) is 35.6 Å². The molecule has 0 aliphatic carbocycles. The number of hydrogen-bond donors (Lipinski definition) is 1. The minimum absolute atomic E-state index is 0.0794. The van der Waals surface area contributed by atoms with Crippen LogP contribution >= 0.6 is 11.6 Å². The standard InChI is InChI=1S/C21H26ClN3O2/c1-15-12-16(2)23-20(13-15)24-21(26)25-10-5-6-17(14-25)9-11-27-19-8-4-3-7-18(19)22/h3-4,7-8,12-13,17H,5-6,9-11,14H2,1-2H3,(H,23,24,26). The fraction of sp³-hybridized carbons (Fsp3) is 0.429. The summed E-state index contributed by atoms with van der Waals surface area (Å²) in [6.07, 6.45) is 3.01. The van der Waals surface area contributed by atoms with E-state index in [-0.39, 0.29) is 6.03 Å². The fourth-order valence-electron chi connectivity index (χ4n) is 3.48. The number of aromatic nitrogens is 1. The first-order valence-electron chi connectivity index (χ1n) is 9.40. The molecule has 144 valence electrons. The summed E-state index contributed by atoms with van der Waals surface area (Å²) in [5.41, 5.74) is 1.99. The molecular formula is C21H26ClN3O2. The highest BCUT2D eigenvalue weighted by Gasteiger charge is 2.24. The Morgan fingerprint density at radius 2 is 2.15 bits per heavy atom. The van der Waals surface area contributed by atoms with Gasteiger partial charge in [-0.15, -0.1) is 0 Å². The Labute approximate surface area is 165 Å². The third-order valence-electron chi connectivity index (χ3n) is 4.76. The zero-order valence-electron chi connectivity index (χ0n) is 15.9. The molecule has 1 atom stereocenters. The Bertz CT molecular complexity index is 776. The summed E-state index contributed by atoms with van der Waals surface area (Å²) >= 11 is 6.12. The molecule has 1 saturated heterocycles. The van der Waals surface area contributed by atoms with E-state index in [1.54, 1.807) is 0 Å². The van der Waals surface area contributed by atoms with Crippen LogP contribution in [0.2, 0.25) is 5.02 Å². The highest BCUT2D eigenvalue weighted by Crippen LogP contribution is 2.25. The number of amides is 2. The summed E-state index contributed by atoms with van der Waals surface area (Å²) < 4.78 is 5.80. The highest BCUT2D eigenvalue weighted by atomic mass is 35.5. The lowest BCUT2D eigenvalue weighted by atomic mass is 9.95. The number of likely N-dealkylation sites (tertiary alicyclic amines) is 1. The number of carbonyl (C=O) groups excluding carboxylic acids is 1. The second kappa shape index (κ2) is 9.09. The molecule has 2 heterocycles. The van der Waals surface area contributed by atoms with E-state index < -0.39 is 0 Å². The number of halogens is 1. The topological polar surface area (TPSA) is 54.5 Å². The number of ether oxygens (including phenoxy) is 1. The number of pyridine rings is 1. The SMILES string of the molecule is Cc1cc(C)nc(NC(=O)N2CCCC(CCOc3ccccc3Cl)C2)c1. The summed E-state index contributed by atoms with van der Waals surface area (Å²) in [5, 5.41) is 3.56. The lowest BCUT2D eigenvalue weighted by Gasteiger charge is -2.32. The van der Waals surface area contributed by atoms with Crippen LogP contribution in [0.4, 0.5) is 10.6 Å². The lowest BCUT2D eigenvalue weighted by Crippen LogP contribution is -2.42. The number of nitrogens with one attached hydrogen (secondary N) is 1. The molecule has 1 aliphatic heterocycles. The molecule has 0 spiro atoms. The van der Waals surface area contributed by atoms with Gasteiger partial charge in [0.05, 0.1) is 11.6 Å². The number of hydrogen-bond acceptors (Lipinski definition) is 3. The average molecular weight is 388 g/mol. The Balaban J connectivity index is 1.49. The molecule has 0 saturated carbocycles. The molecule has 1 N–H and O–H groups in total. The van der Waals surface area contributed by atoms with E-state index in [9.17, 15) is 4.79 Å². The van der Waals surface area contributed by atoms with E-state index in [0.717, 1.165) is 43.6 Å². The minimum Gasteiger partial charge on any atom is -0.492 e. The van der Waals surface area contributed by atoms with Gasteiger partial charge < -0.3 is 9.64 Å². The van der Waals surface area contributed by atoms with Crippen molar-refractivity contribution in [3.63, 3.8) is 0 Å². The van der Waals surface area contributed by atoms with Crippen molar-refractivity contribution < 1.29 is 9.53 Å². The van der Waals surface area contributed by atoms with Gasteiger partial charge in [-0.3, -0.25) is 5.32 Å². The van der Waals surface area contributed by atoms with Crippen molar-refractivity contribution in [3.05, 3.63) is 52.7 Å². The molecule has 3 rings (SSSR count). The monoisotopic (exact) mass is 387 g/mol. The van der Waals surface area contributed by atoms with E-state index in [0.29, 0.717) is 29.1 Å². The quantitative estimate of drug-likeness (QED) is 0.779. The molecule has 2 aromatic rings. The van der Waals surface area contributed by atoms with Gasteiger partial charge in [0.15, 0.2) is 0 Å². The average Bonchev–Trinajstić information content (AvgIpc) is 2.63. The van der Waals surface area contributed by atoms with Crippen LogP contribution in [0.1, 0.15) is 30.5 Å². The maximum atomic E-state index is 12.6. The molecule has 6 heteroatoms. The number of nitrogens with zero attached hydrogens (tertiary/aromatic N) is 2. The van der Waals surface area contributed by atoms with Crippen LogP contribution in [0.5, 0.6) is 5.75 Å². The summed E-state index contributed by atoms with van der Waals surface area (Å²) in [7, 11) is 0. The molecule has 1 aromatic heterocycles. The van der Waals surface area contributed by atoms with Crippen molar-refractivity contribution in [2.45, 2.75) is 33.1 Å². The van der Waals surface area contributed by atoms with Crippen LogP contribution in [0.25, 0.3) is 0 Å². The van der Waals surface area contributed by atoms with Crippen molar-refractivity contribution >= 4 is 23.4 Å². The van der Waals surface area contributed by atoms with Gasteiger partial charge in [0.25, 0.3) is 0 Å². The molecule has 1 aromatic carbocycles. The minimum atomic E-state index is -0.0794. The number of anilines is 1. The van der Waals surface area contributed by atoms with Gasteiger partial charge in [0.1, 0.15) is 11.6 Å². The summed E-state index contributed by atoms with van der Waals surface area (Å²) in [6.45, 7) is 6.04. The van der Waals surface area contributed by atoms with Crippen LogP contribution in [0.15, 0.2) is 36.4 Å². The predicted molar refractivity (Wildman–Crippen MR) is 109 cm³/mol. The summed E-state index contributed by atoms with van der Waals surface area (Å²) in [4.78, 5) is 18.9. The number of aryl methyl sites for hydroxylation is 2. The van der Waals surface area contributed by atoms with Crippen molar-refractivity contribution in [1.82, 2.24) is 9.88 Å². The normalized spacial score (nSPS) is 16.9. The molecule has 1 unspecified atom stereocenters. The number of rotatable bonds is 5. The van der Waals surface area contributed by atoms with Crippen molar-refractivity contribution in [2.75, 3.05) is 25.0 Å². The molecule has 1 aliphatic rings. The van der Waals surface area contributed by atoms with Gasteiger partial charge in [-0.05, 0) is 68.9 Å². The van der Waals surface area contributed by atoms with Gasteiger partial charge >= 0.3 is 6.03 Å². The lowest BCUT2D eigenvalue weighted by molar-refractivity contribution is 0.163. The molecular weight excluding hydrogens is 362 g/mol. The first-order chi connectivity index (χ1) is 13.0. The Morgan fingerprint density at radius 3 is 2.93 bits per heavy atom. The van der Waals surface area contributed by atoms with E-state index in [1.165, 1.54) is 0 Å². The molecule has 0 bridgehead atoms. The van der Waals surface area contributed by atoms with E-state index in [4.69, 9.17) is 16.3 Å². The maximum absolute atomic E-state index is 12.6. The van der Waals surface area contributed by atoms with Gasteiger partial charge in [0, 0.05) is 18.8 Å². The van der Waals surface area contributed by atoms with Gasteiger partial charge in [-0.1, -0.05) is 23.7 Å². The summed E-state index contributed by atoms with van der Waals surface area (Å²) in [5.74, 6) is 1.76. The van der Waals surface area contributed by atoms with Crippen molar-refractivity contribution in [3.8, 4) is 5.75 Å². The zero-order chi connectivity index (χ0) is 19.2. The maximum Gasteiger partial charge on any atom is 0.323 e. The Morgan fingerprint density at radius 1 is 1.33 bits per heavy atom. The number of benzene rings is 1. The highest BCUT2D eigenvalue weighted by molar-refractivity contribution is 6.32. The predicted octanol–water partition coefficient (Wildman–Crippen LogP) is 5.06. The Hall–Kier alpha value is -2.27. The Kier molecular flexibility index (Phi) is 6.56. The number of piperidine rings is 1. The van der Waals surface area contributed by atoms with Gasteiger partial charge in [-0.25, -0.2) is 9.78 Å². The molecule has 5 nitrogen and oxygen atoms in total. The van der Waals surface area contributed by atoms with Gasteiger partial charge in [0.2, 0.25) is 0 Å². The van der Waals surface area contributed by atoms with Gasteiger partial charge in [-0.2, -0.15) is 0 Å². The molecule has 0 radical (unpaired) electrons. The molecule has 27 heavy (non-hydrogen) atoms. The second-order valence-corrected chi connectivity index (χ2v) is 7.53. The smallest absolute Gasteiger partial charge is 0.323 e. The van der Waals surface area contributed by atoms with E-state index in [2.05, 4.69) is 10.3 Å². The van der Waals surface area contributed by atoms with Crippen LogP contribution in [0.3, 0.4) is 0 Å².